The lowest BCUT2D eigenvalue weighted by Crippen LogP contribution is -2.21. The minimum absolute atomic E-state index is 0.0869. The molecule has 0 spiro atoms. The van der Waals surface area contributed by atoms with Gasteiger partial charge >= 0.3 is 0 Å². The monoisotopic (exact) mass is 263 g/mol. The minimum Gasteiger partial charge on any atom is -0.306 e. The Morgan fingerprint density at radius 1 is 1.22 bits per heavy atom. The van der Waals surface area contributed by atoms with E-state index in [0.717, 1.165) is 12.1 Å². The molecule has 0 fully saturated rings. The van der Waals surface area contributed by atoms with E-state index < -0.39 is 0 Å². The van der Waals surface area contributed by atoms with Crippen molar-refractivity contribution >= 4 is 11.3 Å². The van der Waals surface area contributed by atoms with E-state index in [4.69, 9.17) is 0 Å². The van der Waals surface area contributed by atoms with Gasteiger partial charge in [-0.05, 0) is 49.7 Å². The molecule has 1 aromatic carbocycles. The Morgan fingerprint density at radius 3 is 2.56 bits per heavy atom. The zero-order valence-electron chi connectivity index (χ0n) is 11.0. The first-order chi connectivity index (χ1) is 8.61. The summed E-state index contributed by atoms with van der Waals surface area (Å²) in [5, 5.41) is 3.42. The molecule has 3 heteroatoms. The van der Waals surface area contributed by atoms with E-state index in [0.29, 0.717) is 5.56 Å². The number of halogens is 1. The molecular formula is C15H18FNS. The van der Waals surface area contributed by atoms with Crippen molar-refractivity contribution in [3.05, 3.63) is 57.0 Å². The van der Waals surface area contributed by atoms with Crippen LogP contribution >= 0.6 is 11.3 Å². The summed E-state index contributed by atoms with van der Waals surface area (Å²) >= 11 is 1.76. The standard InChI is InChI=1S/C15H18FNS/c1-4-17-15(14-8-6-11(3)18-14)12-7-5-10(2)13(16)9-12/h5-9,15,17H,4H2,1-3H3. The number of hydrogen-bond acceptors (Lipinski definition) is 2. The third-order valence-corrected chi connectivity index (χ3v) is 4.05. The first-order valence-electron chi connectivity index (χ1n) is 6.17. The zero-order valence-corrected chi connectivity index (χ0v) is 11.8. The average molecular weight is 263 g/mol. The number of thiophene rings is 1. The van der Waals surface area contributed by atoms with Gasteiger partial charge in [-0.3, -0.25) is 0 Å². The summed E-state index contributed by atoms with van der Waals surface area (Å²) in [6, 6.07) is 9.79. The highest BCUT2D eigenvalue weighted by molar-refractivity contribution is 7.12. The molecule has 0 radical (unpaired) electrons. The van der Waals surface area contributed by atoms with Crippen LogP contribution in [0.4, 0.5) is 4.39 Å². The summed E-state index contributed by atoms with van der Waals surface area (Å²) < 4.78 is 13.7. The lowest BCUT2D eigenvalue weighted by molar-refractivity contribution is 0.600. The molecule has 1 N–H and O–H groups in total. The molecule has 1 unspecified atom stereocenters. The first kappa shape index (κ1) is 13.2. The van der Waals surface area contributed by atoms with Crippen molar-refractivity contribution in [1.29, 1.82) is 0 Å². The maximum absolute atomic E-state index is 13.7. The molecule has 0 saturated heterocycles. The second kappa shape index (κ2) is 5.63. The second-order valence-corrected chi connectivity index (χ2v) is 5.77. The van der Waals surface area contributed by atoms with Crippen molar-refractivity contribution in [3.63, 3.8) is 0 Å². The number of nitrogens with one attached hydrogen (secondary N) is 1. The number of benzene rings is 1. The lowest BCUT2D eigenvalue weighted by atomic mass is 10.0. The molecule has 18 heavy (non-hydrogen) atoms. The molecule has 0 saturated carbocycles. The molecular weight excluding hydrogens is 245 g/mol. The largest absolute Gasteiger partial charge is 0.306 e. The molecule has 0 aliphatic carbocycles. The Bertz CT molecular complexity index is 533. The van der Waals surface area contributed by atoms with Crippen molar-refractivity contribution in [2.45, 2.75) is 26.8 Å². The Balaban J connectivity index is 2.37. The molecule has 0 bridgehead atoms. The number of aryl methyl sites for hydroxylation is 2. The highest BCUT2D eigenvalue weighted by Crippen LogP contribution is 2.29. The van der Waals surface area contributed by atoms with Gasteiger partial charge < -0.3 is 5.32 Å². The maximum atomic E-state index is 13.7. The van der Waals surface area contributed by atoms with E-state index in [1.54, 1.807) is 24.3 Å². The smallest absolute Gasteiger partial charge is 0.126 e. The Labute approximate surface area is 112 Å². The van der Waals surface area contributed by atoms with Crippen LogP contribution in [0.2, 0.25) is 0 Å². The third-order valence-electron chi connectivity index (χ3n) is 2.98. The van der Waals surface area contributed by atoms with E-state index >= 15 is 0 Å². The highest BCUT2D eigenvalue weighted by atomic mass is 32.1. The van der Waals surface area contributed by atoms with Crippen molar-refractivity contribution in [1.82, 2.24) is 5.32 Å². The van der Waals surface area contributed by atoms with Gasteiger partial charge in [-0.2, -0.15) is 0 Å². The molecule has 0 amide bonds. The van der Waals surface area contributed by atoms with Gasteiger partial charge in [0.1, 0.15) is 5.82 Å². The van der Waals surface area contributed by atoms with Gasteiger partial charge in [0.05, 0.1) is 6.04 Å². The Hall–Kier alpha value is -1.19. The number of rotatable bonds is 4. The van der Waals surface area contributed by atoms with Crippen LogP contribution in [0.3, 0.4) is 0 Å². The van der Waals surface area contributed by atoms with Gasteiger partial charge in [0.25, 0.3) is 0 Å². The maximum Gasteiger partial charge on any atom is 0.126 e. The van der Waals surface area contributed by atoms with Crippen molar-refractivity contribution in [2.75, 3.05) is 6.54 Å². The average Bonchev–Trinajstić information content (AvgIpc) is 2.76. The van der Waals surface area contributed by atoms with E-state index in [1.165, 1.54) is 9.75 Å². The quantitative estimate of drug-likeness (QED) is 0.871. The summed E-state index contributed by atoms with van der Waals surface area (Å²) in [5.41, 5.74) is 1.68. The lowest BCUT2D eigenvalue weighted by Gasteiger charge is -2.17. The Kier molecular flexibility index (Phi) is 4.15. The molecule has 1 heterocycles. The van der Waals surface area contributed by atoms with Crippen LogP contribution < -0.4 is 5.32 Å². The predicted octanol–water partition coefficient (Wildman–Crippen LogP) is 4.20. The topological polar surface area (TPSA) is 12.0 Å². The van der Waals surface area contributed by atoms with E-state index in [2.05, 4.69) is 31.3 Å². The van der Waals surface area contributed by atoms with E-state index in [9.17, 15) is 4.39 Å². The summed E-state index contributed by atoms with van der Waals surface area (Å²) in [5.74, 6) is -0.135. The fourth-order valence-electron chi connectivity index (χ4n) is 1.98. The van der Waals surface area contributed by atoms with Crippen LogP contribution in [-0.4, -0.2) is 6.54 Å². The van der Waals surface area contributed by atoms with Crippen LogP contribution in [0.1, 0.15) is 33.8 Å². The third kappa shape index (κ3) is 2.79. The molecule has 1 nitrogen and oxygen atoms in total. The van der Waals surface area contributed by atoms with Gasteiger partial charge in [-0.25, -0.2) is 4.39 Å². The first-order valence-corrected chi connectivity index (χ1v) is 6.99. The predicted molar refractivity (Wildman–Crippen MR) is 75.7 cm³/mol. The van der Waals surface area contributed by atoms with Crippen LogP contribution in [0, 0.1) is 19.7 Å². The molecule has 0 aliphatic heterocycles. The van der Waals surface area contributed by atoms with Crippen LogP contribution in [-0.2, 0) is 0 Å². The number of hydrogen-bond donors (Lipinski definition) is 1. The molecule has 2 aromatic rings. The fourth-order valence-corrected chi connectivity index (χ4v) is 2.97. The summed E-state index contributed by atoms with van der Waals surface area (Å²) in [4.78, 5) is 2.51. The van der Waals surface area contributed by atoms with Gasteiger partial charge in [-0.1, -0.05) is 19.1 Å². The van der Waals surface area contributed by atoms with E-state index in [-0.39, 0.29) is 11.9 Å². The van der Waals surface area contributed by atoms with Crippen molar-refractivity contribution in [2.24, 2.45) is 0 Å². The molecule has 1 aromatic heterocycles. The van der Waals surface area contributed by atoms with Gasteiger partial charge in [-0.15, -0.1) is 11.3 Å². The summed E-state index contributed by atoms with van der Waals surface area (Å²) in [6.07, 6.45) is 0. The SMILES string of the molecule is CCNC(c1ccc(C)c(F)c1)c1ccc(C)s1. The summed E-state index contributed by atoms with van der Waals surface area (Å²) in [6.45, 7) is 6.80. The molecule has 96 valence electrons. The normalized spacial score (nSPS) is 12.7. The van der Waals surface area contributed by atoms with Crippen molar-refractivity contribution in [3.8, 4) is 0 Å². The van der Waals surface area contributed by atoms with E-state index in [1.807, 2.05) is 12.1 Å². The molecule has 1 atom stereocenters. The van der Waals surface area contributed by atoms with Gasteiger partial charge in [0, 0.05) is 9.75 Å². The molecule has 2 rings (SSSR count). The van der Waals surface area contributed by atoms with Crippen LogP contribution in [0.15, 0.2) is 30.3 Å². The zero-order chi connectivity index (χ0) is 13.1. The second-order valence-electron chi connectivity index (χ2n) is 4.45. The summed E-state index contributed by atoms with van der Waals surface area (Å²) in [7, 11) is 0. The van der Waals surface area contributed by atoms with Crippen molar-refractivity contribution < 1.29 is 4.39 Å². The minimum atomic E-state index is -0.135. The fraction of sp³-hybridized carbons (Fsp3) is 0.333. The van der Waals surface area contributed by atoms with Gasteiger partial charge in [0.2, 0.25) is 0 Å². The van der Waals surface area contributed by atoms with Crippen LogP contribution in [0.5, 0.6) is 0 Å². The van der Waals surface area contributed by atoms with Crippen LogP contribution in [0.25, 0.3) is 0 Å². The molecule has 0 aliphatic rings. The van der Waals surface area contributed by atoms with Gasteiger partial charge in [0.15, 0.2) is 0 Å². The Morgan fingerprint density at radius 2 is 2.00 bits per heavy atom. The highest BCUT2D eigenvalue weighted by Gasteiger charge is 2.15.